The van der Waals surface area contributed by atoms with Crippen LogP contribution in [0.3, 0.4) is 0 Å². The lowest BCUT2D eigenvalue weighted by molar-refractivity contribution is -0.127. The number of nitrogens with one attached hydrogen (secondary N) is 1. The molecule has 0 spiro atoms. The Hall–Kier alpha value is -2.04. The molecule has 1 aliphatic heterocycles. The van der Waals surface area contributed by atoms with Crippen LogP contribution in [0.25, 0.3) is 11.1 Å². The Balaban J connectivity index is 1.44. The minimum atomic E-state index is 0.218. The molecule has 2 aliphatic rings. The molecule has 5 heteroatoms. The van der Waals surface area contributed by atoms with Gasteiger partial charge < -0.3 is 14.6 Å². The summed E-state index contributed by atoms with van der Waals surface area (Å²) in [7, 11) is 0. The fourth-order valence-corrected chi connectivity index (χ4v) is 3.32. The van der Waals surface area contributed by atoms with Gasteiger partial charge in [0.25, 0.3) is 6.01 Å². The second-order valence-electron chi connectivity index (χ2n) is 6.33. The molecule has 1 aromatic heterocycles. The average Bonchev–Trinajstić information content (AvgIpc) is 3.09. The molecule has 116 valence electrons. The maximum atomic E-state index is 12.0. The van der Waals surface area contributed by atoms with E-state index in [-0.39, 0.29) is 17.9 Å². The smallest absolute Gasteiger partial charge is 0.298 e. The molecule has 5 nitrogen and oxygen atoms in total. The second kappa shape index (κ2) is 5.63. The van der Waals surface area contributed by atoms with Crippen LogP contribution in [0, 0.1) is 5.92 Å². The zero-order valence-corrected chi connectivity index (χ0v) is 12.6. The number of oxazole rings is 1. The van der Waals surface area contributed by atoms with Gasteiger partial charge in [0.15, 0.2) is 5.58 Å². The molecule has 1 aliphatic carbocycles. The molecule has 0 bridgehead atoms. The quantitative estimate of drug-likeness (QED) is 0.943. The molecule has 1 unspecified atom stereocenters. The molecule has 1 saturated heterocycles. The van der Waals surface area contributed by atoms with Gasteiger partial charge in [-0.15, -0.1) is 0 Å². The van der Waals surface area contributed by atoms with Crippen molar-refractivity contribution in [1.29, 1.82) is 0 Å². The van der Waals surface area contributed by atoms with Gasteiger partial charge in [-0.25, -0.2) is 0 Å². The number of carbonyl (C=O) groups is 1. The standard InChI is InChI=1S/C17H21N3O2/c21-16(12-5-3-6-12)18-11-13-7-4-10-20(13)17-19-14-8-1-2-9-15(14)22-17/h1-2,8-9,12-13H,3-7,10-11H2,(H,18,21). The Bertz CT molecular complexity index is 644. The number of benzene rings is 1. The Kier molecular flexibility index (Phi) is 3.48. The van der Waals surface area contributed by atoms with Gasteiger partial charge in [0.1, 0.15) is 5.52 Å². The number of aromatic nitrogens is 1. The van der Waals surface area contributed by atoms with Gasteiger partial charge in [-0.2, -0.15) is 4.98 Å². The van der Waals surface area contributed by atoms with Crippen molar-refractivity contribution in [1.82, 2.24) is 10.3 Å². The van der Waals surface area contributed by atoms with Gasteiger partial charge in [-0.1, -0.05) is 18.6 Å². The van der Waals surface area contributed by atoms with Crippen molar-refractivity contribution in [2.45, 2.75) is 38.1 Å². The third-order valence-corrected chi connectivity index (χ3v) is 4.89. The van der Waals surface area contributed by atoms with E-state index in [0.717, 1.165) is 43.3 Å². The summed E-state index contributed by atoms with van der Waals surface area (Å²) < 4.78 is 5.87. The summed E-state index contributed by atoms with van der Waals surface area (Å²) in [6.07, 6.45) is 5.47. The molecule has 1 aromatic carbocycles. The lowest BCUT2D eigenvalue weighted by Crippen LogP contribution is -2.43. The molecule has 2 heterocycles. The highest BCUT2D eigenvalue weighted by Crippen LogP contribution is 2.29. The summed E-state index contributed by atoms with van der Waals surface area (Å²) in [5, 5.41) is 3.11. The third kappa shape index (κ3) is 2.45. The van der Waals surface area contributed by atoms with Crippen LogP contribution >= 0.6 is 0 Å². The first-order valence-electron chi connectivity index (χ1n) is 8.21. The molecule has 4 rings (SSSR count). The minimum Gasteiger partial charge on any atom is -0.423 e. The van der Waals surface area contributed by atoms with Crippen molar-refractivity contribution in [2.75, 3.05) is 18.0 Å². The van der Waals surface area contributed by atoms with Gasteiger partial charge in [0.05, 0.1) is 6.04 Å². The van der Waals surface area contributed by atoms with E-state index in [1.54, 1.807) is 0 Å². The lowest BCUT2D eigenvalue weighted by atomic mass is 9.85. The van der Waals surface area contributed by atoms with Gasteiger partial charge in [-0.05, 0) is 37.8 Å². The second-order valence-corrected chi connectivity index (χ2v) is 6.33. The van der Waals surface area contributed by atoms with E-state index in [4.69, 9.17) is 4.42 Å². The van der Waals surface area contributed by atoms with E-state index < -0.39 is 0 Å². The van der Waals surface area contributed by atoms with E-state index in [1.807, 2.05) is 24.3 Å². The van der Waals surface area contributed by atoms with Crippen LogP contribution in [-0.4, -0.2) is 30.0 Å². The van der Waals surface area contributed by atoms with Crippen molar-refractivity contribution >= 4 is 23.0 Å². The maximum absolute atomic E-state index is 12.0. The summed E-state index contributed by atoms with van der Waals surface area (Å²) in [6, 6.07) is 8.80. The van der Waals surface area contributed by atoms with Crippen LogP contribution in [0.2, 0.25) is 0 Å². The van der Waals surface area contributed by atoms with Crippen LogP contribution in [0.1, 0.15) is 32.1 Å². The van der Waals surface area contributed by atoms with E-state index in [2.05, 4.69) is 15.2 Å². The highest BCUT2D eigenvalue weighted by molar-refractivity contribution is 5.79. The molecule has 1 saturated carbocycles. The number of rotatable bonds is 4. The number of anilines is 1. The number of hydrogen-bond donors (Lipinski definition) is 1. The Morgan fingerprint density at radius 2 is 2.14 bits per heavy atom. The number of nitrogens with zero attached hydrogens (tertiary/aromatic N) is 2. The predicted octanol–water partition coefficient (Wildman–Crippen LogP) is 2.71. The first-order chi connectivity index (χ1) is 10.8. The first kappa shape index (κ1) is 13.6. The SMILES string of the molecule is O=C(NCC1CCCN1c1nc2ccccc2o1)C1CCC1. The zero-order chi connectivity index (χ0) is 14.9. The average molecular weight is 299 g/mol. The van der Waals surface area contributed by atoms with Crippen molar-refractivity contribution in [3.63, 3.8) is 0 Å². The Morgan fingerprint density at radius 1 is 1.27 bits per heavy atom. The topological polar surface area (TPSA) is 58.4 Å². The van der Waals surface area contributed by atoms with Gasteiger partial charge in [0.2, 0.25) is 5.91 Å². The molecule has 2 fully saturated rings. The molecule has 1 N–H and O–H groups in total. The Labute approximate surface area is 129 Å². The number of amides is 1. The monoisotopic (exact) mass is 299 g/mol. The van der Waals surface area contributed by atoms with E-state index in [1.165, 1.54) is 6.42 Å². The normalized spacial score (nSPS) is 22.0. The van der Waals surface area contributed by atoms with E-state index in [9.17, 15) is 4.79 Å². The maximum Gasteiger partial charge on any atom is 0.298 e. The first-order valence-corrected chi connectivity index (χ1v) is 8.21. The molecule has 0 radical (unpaired) electrons. The number of carbonyl (C=O) groups excluding carboxylic acids is 1. The van der Waals surface area contributed by atoms with Gasteiger partial charge in [-0.3, -0.25) is 4.79 Å². The van der Waals surface area contributed by atoms with Crippen molar-refractivity contribution in [2.24, 2.45) is 5.92 Å². The zero-order valence-electron chi connectivity index (χ0n) is 12.6. The predicted molar refractivity (Wildman–Crippen MR) is 84.7 cm³/mol. The molecular weight excluding hydrogens is 278 g/mol. The summed E-state index contributed by atoms with van der Waals surface area (Å²) in [6.45, 7) is 1.63. The third-order valence-electron chi connectivity index (χ3n) is 4.89. The van der Waals surface area contributed by atoms with Crippen LogP contribution in [0.15, 0.2) is 28.7 Å². The molecule has 1 atom stereocenters. The van der Waals surface area contributed by atoms with E-state index >= 15 is 0 Å². The molecule has 2 aromatic rings. The summed E-state index contributed by atoms with van der Waals surface area (Å²) in [5.41, 5.74) is 1.71. The van der Waals surface area contributed by atoms with Crippen LogP contribution in [0.4, 0.5) is 6.01 Å². The van der Waals surface area contributed by atoms with Crippen molar-refractivity contribution in [3.05, 3.63) is 24.3 Å². The summed E-state index contributed by atoms with van der Waals surface area (Å²) in [4.78, 5) is 18.8. The minimum absolute atomic E-state index is 0.218. The summed E-state index contributed by atoms with van der Waals surface area (Å²) >= 11 is 0. The fraction of sp³-hybridized carbons (Fsp3) is 0.529. The molecule has 1 amide bonds. The van der Waals surface area contributed by atoms with Gasteiger partial charge >= 0.3 is 0 Å². The molecule has 22 heavy (non-hydrogen) atoms. The highest BCUT2D eigenvalue weighted by atomic mass is 16.4. The lowest BCUT2D eigenvalue weighted by Gasteiger charge is -2.27. The summed E-state index contributed by atoms with van der Waals surface area (Å²) in [5.74, 6) is 0.467. The molecular formula is C17H21N3O2. The van der Waals surface area contributed by atoms with Crippen molar-refractivity contribution in [3.8, 4) is 0 Å². The van der Waals surface area contributed by atoms with Crippen molar-refractivity contribution < 1.29 is 9.21 Å². The number of fused-ring (bicyclic) bond motifs is 1. The number of para-hydroxylation sites is 2. The largest absolute Gasteiger partial charge is 0.423 e. The number of hydrogen-bond acceptors (Lipinski definition) is 4. The van der Waals surface area contributed by atoms with Gasteiger partial charge in [0, 0.05) is 19.0 Å². The van der Waals surface area contributed by atoms with Crippen LogP contribution in [-0.2, 0) is 4.79 Å². The van der Waals surface area contributed by atoms with E-state index in [0.29, 0.717) is 12.6 Å². The van der Waals surface area contributed by atoms with Crippen LogP contribution in [0.5, 0.6) is 0 Å². The Morgan fingerprint density at radius 3 is 2.91 bits per heavy atom. The fourth-order valence-electron chi connectivity index (χ4n) is 3.32. The van der Waals surface area contributed by atoms with Crippen LogP contribution < -0.4 is 10.2 Å². The highest BCUT2D eigenvalue weighted by Gasteiger charge is 2.30.